The summed E-state index contributed by atoms with van der Waals surface area (Å²) in [6.45, 7) is 4.63. The van der Waals surface area contributed by atoms with Crippen molar-refractivity contribution in [2.75, 3.05) is 0 Å². The summed E-state index contributed by atoms with van der Waals surface area (Å²) in [4.78, 5) is 0. The maximum absolute atomic E-state index is 13.3. The Kier molecular flexibility index (Phi) is 5.05. The van der Waals surface area contributed by atoms with Gasteiger partial charge in [-0.05, 0) is 67.2 Å². The van der Waals surface area contributed by atoms with E-state index in [4.69, 9.17) is 17.4 Å². The summed E-state index contributed by atoms with van der Waals surface area (Å²) in [5.41, 5.74) is 4.18. The molecule has 3 N–H and O–H groups in total. The molecule has 1 fully saturated rings. The molecule has 1 atom stereocenters. The highest BCUT2D eigenvalue weighted by atomic mass is 35.5. The quantitative estimate of drug-likeness (QED) is 0.649. The van der Waals surface area contributed by atoms with Crippen molar-refractivity contribution >= 4 is 11.6 Å². The summed E-state index contributed by atoms with van der Waals surface area (Å²) in [5, 5.41) is 0.614. The van der Waals surface area contributed by atoms with Gasteiger partial charge in [-0.2, -0.15) is 0 Å². The molecule has 0 saturated heterocycles. The smallest absolute Gasteiger partial charge is 0.123 e. The Bertz CT molecular complexity index is 452. The number of nitrogens with one attached hydrogen (secondary N) is 1. The van der Waals surface area contributed by atoms with E-state index in [-0.39, 0.29) is 11.9 Å². The van der Waals surface area contributed by atoms with E-state index in [9.17, 15) is 4.39 Å². The van der Waals surface area contributed by atoms with Gasteiger partial charge in [0.15, 0.2) is 0 Å². The molecule has 0 aromatic heterocycles. The first-order valence-electron chi connectivity index (χ1n) is 7.31. The molecule has 2 rings (SSSR count). The van der Waals surface area contributed by atoms with Crippen LogP contribution in [0.2, 0.25) is 5.02 Å². The van der Waals surface area contributed by atoms with Crippen molar-refractivity contribution in [1.82, 2.24) is 5.43 Å². The average Bonchev–Trinajstić information content (AvgIpc) is 2.40. The zero-order chi connectivity index (χ0) is 14.8. The summed E-state index contributed by atoms with van der Waals surface area (Å²) in [5.74, 6) is 6.01. The first kappa shape index (κ1) is 15.7. The zero-order valence-corrected chi connectivity index (χ0v) is 13.0. The van der Waals surface area contributed by atoms with E-state index >= 15 is 0 Å². The Morgan fingerprint density at radius 1 is 1.40 bits per heavy atom. The third-order valence-electron chi connectivity index (χ3n) is 4.61. The molecule has 0 bridgehead atoms. The van der Waals surface area contributed by atoms with Gasteiger partial charge in [0.25, 0.3) is 0 Å². The summed E-state index contributed by atoms with van der Waals surface area (Å²) in [6.07, 6.45) is 5.43. The monoisotopic (exact) mass is 298 g/mol. The number of rotatable bonds is 4. The van der Waals surface area contributed by atoms with Gasteiger partial charge in [0, 0.05) is 11.1 Å². The van der Waals surface area contributed by atoms with Crippen molar-refractivity contribution in [1.29, 1.82) is 0 Å². The molecule has 1 aromatic carbocycles. The number of nitrogens with two attached hydrogens (primary N) is 1. The fraction of sp³-hybridized carbons (Fsp3) is 0.625. The van der Waals surface area contributed by atoms with E-state index in [0.717, 1.165) is 18.4 Å². The second-order valence-corrected chi connectivity index (χ2v) is 7.12. The lowest BCUT2D eigenvalue weighted by Crippen LogP contribution is -2.44. The summed E-state index contributed by atoms with van der Waals surface area (Å²) >= 11 is 6.15. The van der Waals surface area contributed by atoms with Crippen LogP contribution in [-0.2, 0) is 6.42 Å². The second kappa shape index (κ2) is 6.42. The van der Waals surface area contributed by atoms with Crippen molar-refractivity contribution < 1.29 is 4.39 Å². The molecule has 1 aromatic rings. The van der Waals surface area contributed by atoms with Crippen LogP contribution in [0.5, 0.6) is 0 Å². The molecule has 0 aliphatic heterocycles. The van der Waals surface area contributed by atoms with Crippen molar-refractivity contribution in [3.8, 4) is 0 Å². The van der Waals surface area contributed by atoms with E-state index in [0.29, 0.717) is 22.8 Å². The van der Waals surface area contributed by atoms with Crippen LogP contribution in [0.25, 0.3) is 0 Å². The first-order valence-corrected chi connectivity index (χ1v) is 7.69. The number of halogens is 2. The summed E-state index contributed by atoms with van der Waals surface area (Å²) in [6, 6.07) is 4.67. The molecule has 1 aliphatic rings. The lowest BCUT2D eigenvalue weighted by molar-refractivity contribution is 0.161. The zero-order valence-electron chi connectivity index (χ0n) is 12.3. The molecule has 112 valence electrons. The van der Waals surface area contributed by atoms with Crippen LogP contribution in [-0.4, -0.2) is 6.04 Å². The fourth-order valence-corrected chi connectivity index (χ4v) is 3.32. The molecule has 0 amide bonds. The molecule has 0 spiro atoms. The first-order chi connectivity index (χ1) is 9.41. The Morgan fingerprint density at radius 2 is 2.05 bits per heavy atom. The normalized spacial score (nSPS) is 20.9. The van der Waals surface area contributed by atoms with Crippen LogP contribution in [0.4, 0.5) is 4.39 Å². The van der Waals surface area contributed by atoms with Crippen LogP contribution in [0.15, 0.2) is 18.2 Å². The Morgan fingerprint density at radius 3 is 2.65 bits per heavy atom. The van der Waals surface area contributed by atoms with E-state index in [1.54, 1.807) is 6.07 Å². The van der Waals surface area contributed by atoms with Crippen LogP contribution in [0.1, 0.15) is 45.1 Å². The Balaban J connectivity index is 2.04. The average molecular weight is 299 g/mol. The highest BCUT2D eigenvalue weighted by Gasteiger charge is 2.31. The van der Waals surface area contributed by atoms with Crippen molar-refractivity contribution in [3.63, 3.8) is 0 Å². The Labute approximate surface area is 125 Å². The minimum Gasteiger partial charge on any atom is -0.271 e. The summed E-state index contributed by atoms with van der Waals surface area (Å²) in [7, 11) is 0. The molecular formula is C16H24ClFN2. The standard InChI is InChI=1S/C16H24ClFN2/c1-16(2)7-5-11(6-8-16)15(20-19)10-12-9-13(18)3-4-14(12)17/h3-4,9,11,15,20H,5-8,10,19H2,1-2H3. The maximum Gasteiger partial charge on any atom is 0.123 e. The molecule has 2 nitrogen and oxygen atoms in total. The number of hydrazine groups is 1. The fourth-order valence-electron chi connectivity index (χ4n) is 3.12. The van der Waals surface area contributed by atoms with Gasteiger partial charge in [-0.15, -0.1) is 0 Å². The van der Waals surface area contributed by atoms with E-state index in [1.807, 2.05) is 0 Å². The van der Waals surface area contributed by atoms with Gasteiger partial charge in [-0.3, -0.25) is 11.3 Å². The van der Waals surface area contributed by atoms with Crippen molar-refractivity contribution in [2.45, 2.75) is 52.0 Å². The number of benzene rings is 1. The number of hydrogen-bond acceptors (Lipinski definition) is 2. The van der Waals surface area contributed by atoms with Gasteiger partial charge in [-0.25, -0.2) is 4.39 Å². The molecule has 1 saturated carbocycles. The largest absolute Gasteiger partial charge is 0.271 e. The molecule has 20 heavy (non-hydrogen) atoms. The van der Waals surface area contributed by atoms with Crippen LogP contribution < -0.4 is 11.3 Å². The van der Waals surface area contributed by atoms with Gasteiger partial charge >= 0.3 is 0 Å². The van der Waals surface area contributed by atoms with Gasteiger partial charge in [-0.1, -0.05) is 25.4 Å². The highest BCUT2D eigenvalue weighted by molar-refractivity contribution is 6.31. The van der Waals surface area contributed by atoms with Crippen LogP contribution >= 0.6 is 11.6 Å². The van der Waals surface area contributed by atoms with E-state index in [1.165, 1.54) is 25.0 Å². The predicted octanol–water partition coefficient (Wildman–Crippen LogP) is 4.07. The van der Waals surface area contributed by atoms with E-state index in [2.05, 4.69) is 19.3 Å². The van der Waals surface area contributed by atoms with Gasteiger partial charge in [0.1, 0.15) is 5.82 Å². The topological polar surface area (TPSA) is 38.0 Å². The van der Waals surface area contributed by atoms with Gasteiger partial charge in [0.05, 0.1) is 0 Å². The molecule has 0 radical (unpaired) electrons. The third-order valence-corrected chi connectivity index (χ3v) is 4.98. The predicted molar refractivity (Wildman–Crippen MR) is 82.0 cm³/mol. The lowest BCUT2D eigenvalue weighted by atomic mass is 9.70. The lowest BCUT2D eigenvalue weighted by Gasteiger charge is -2.38. The molecule has 4 heteroatoms. The highest BCUT2D eigenvalue weighted by Crippen LogP contribution is 2.39. The number of hydrogen-bond donors (Lipinski definition) is 2. The minimum absolute atomic E-state index is 0.158. The third kappa shape index (κ3) is 3.94. The maximum atomic E-state index is 13.3. The SMILES string of the molecule is CC1(C)CCC(C(Cc2cc(F)ccc2Cl)NN)CC1. The minimum atomic E-state index is -0.245. The van der Waals surface area contributed by atoms with Crippen molar-refractivity contribution in [2.24, 2.45) is 17.2 Å². The molecule has 0 heterocycles. The van der Waals surface area contributed by atoms with Crippen LogP contribution in [0.3, 0.4) is 0 Å². The molecule has 1 aliphatic carbocycles. The summed E-state index contributed by atoms with van der Waals surface area (Å²) < 4.78 is 13.3. The molecule has 1 unspecified atom stereocenters. The van der Waals surface area contributed by atoms with E-state index < -0.39 is 0 Å². The Hall–Kier alpha value is -0.640. The molecular weight excluding hydrogens is 275 g/mol. The second-order valence-electron chi connectivity index (χ2n) is 6.71. The van der Waals surface area contributed by atoms with Gasteiger partial charge in [0.2, 0.25) is 0 Å². The van der Waals surface area contributed by atoms with Crippen molar-refractivity contribution in [3.05, 3.63) is 34.6 Å². The van der Waals surface area contributed by atoms with Gasteiger partial charge < -0.3 is 0 Å². The van der Waals surface area contributed by atoms with Crippen LogP contribution in [0, 0.1) is 17.2 Å².